The van der Waals surface area contributed by atoms with Crippen LogP contribution in [0.4, 0.5) is 0 Å². The van der Waals surface area contributed by atoms with Gasteiger partial charge in [-0.2, -0.15) is 0 Å². The summed E-state index contributed by atoms with van der Waals surface area (Å²) in [4.78, 5) is 0. The van der Waals surface area contributed by atoms with Crippen LogP contribution in [0.2, 0.25) is 0 Å². The van der Waals surface area contributed by atoms with Gasteiger partial charge in [0, 0.05) is 19.8 Å². The molecule has 0 spiro atoms. The SMILES string of the molecule is CCC(C)(OC)C(N)CCC1CCCO1. The van der Waals surface area contributed by atoms with E-state index < -0.39 is 0 Å². The van der Waals surface area contributed by atoms with Crippen LogP contribution in [0.25, 0.3) is 0 Å². The number of ether oxygens (including phenoxy) is 2. The predicted octanol–water partition coefficient (Wildman–Crippen LogP) is 2.09. The fourth-order valence-corrected chi connectivity index (χ4v) is 2.10. The Morgan fingerprint density at radius 2 is 2.33 bits per heavy atom. The Labute approximate surface area is 93.3 Å². The van der Waals surface area contributed by atoms with Gasteiger partial charge in [0.2, 0.25) is 0 Å². The van der Waals surface area contributed by atoms with Crippen LogP contribution in [0.5, 0.6) is 0 Å². The molecule has 0 saturated carbocycles. The third-order valence-corrected chi connectivity index (χ3v) is 3.78. The molecule has 0 aromatic rings. The van der Waals surface area contributed by atoms with Crippen molar-refractivity contribution in [3.8, 4) is 0 Å². The van der Waals surface area contributed by atoms with E-state index in [0.29, 0.717) is 6.10 Å². The second kappa shape index (κ2) is 5.83. The van der Waals surface area contributed by atoms with Gasteiger partial charge in [-0.25, -0.2) is 0 Å². The number of hydrogen-bond acceptors (Lipinski definition) is 3. The Morgan fingerprint density at radius 3 is 2.80 bits per heavy atom. The zero-order chi connectivity index (χ0) is 11.3. The van der Waals surface area contributed by atoms with E-state index >= 15 is 0 Å². The van der Waals surface area contributed by atoms with Crippen LogP contribution in [0.15, 0.2) is 0 Å². The molecule has 1 aliphatic rings. The van der Waals surface area contributed by atoms with E-state index in [9.17, 15) is 0 Å². The Balaban J connectivity index is 2.30. The molecule has 1 rings (SSSR count). The average Bonchev–Trinajstić information content (AvgIpc) is 2.77. The molecule has 3 heteroatoms. The van der Waals surface area contributed by atoms with Crippen molar-refractivity contribution in [2.75, 3.05) is 13.7 Å². The van der Waals surface area contributed by atoms with E-state index in [-0.39, 0.29) is 11.6 Å². The zero-order valence-electron chi connectivity index (χ0n) is 10.3. The summed E-state index contributed by atoms with van der Waals surface area (Å²) < 4.78 is 11.1. The van der Waals surface area contributed by atoms with Crippen molar-refractivity contribution in [3.63, 3.8) is 0 Å². The van der Waals surface area contributed by atoms with Gasteiger partial charge in [0.15, 0.2) is 0 Å². The Kier molecular flexibility index (Phi) is 5.03. The molecular weight excluding hydrogens is 190 g/mol. The number of rotatable bonds is 6. The van der Waals surface area contributed by atoms with Gasteiger partial charge in [0.25, 0.3) is 0 Å². The van der Waals surface area contributed by atoms with Gasteiger partial charge in [-0.1, -0.05) is 6.92 Å². The first-order valence-electron chi connectivity index (χ1n) is 6.04. The second-order valence-electron chi connectivity index (χ2n) is 4.69. The molecule has 3 unspecified atom stereocenters. The minimum absolute atomic E-state index is 0.108. The molecule has 0 bridgehead atoms. The lowest BCUT2D eigenvalue weighted by Gasteiger charge is -2.33. The first kappa shape index (κ1) is 12.9. The molecule has 0 amide bonds. The van der Waals surface area contributed by atoms with E-state index in [0.717, 1.165) is 25.9 Å². The summed E-state index contributed by atoms with van der Waals surface area (Å²) in [6.07, 6.45) is 5.85. The van der Waals surface area contributed by atoms with Crippen LogP contribution < -0.4 is 5.73 Å². The Bertz CT molecular complexity index is 174. The lowest BCUT2D eigenvalue weighted by atomic mass is 9.89. The molecule has 15 heavy (non-hydrogen) atoms. The predicted molar refractivity (Wildman–Crippen MR) is 61.9 cm³/mol. The fourth-order valence-electron chi connectivity index (χ4n) is 2.10. The van der Waals surface area contributed by atoms with Crippen LogP contribution in [-0.4, -0.2) is 31.5 Å². The molecule has 0 aliphatic carbocycles. The monoisotopic (exact) mass is 215 g/mol. The zero-order valence-corrected chi connectivity index (χ0v) is 10.3. The van der Waals surface area contributed by atoms with Crippen molar-refractivity contribution < 1.29 is 9.47 Å². The molecule has 0 radical (unpaired) electrons. The minimum Gasteiger partial charge on any atom is -0.378 e. The third kappa shape index (κ3) is 3.44. The van der Waals surface area contributed by atoms with Crippen molar-refractivity contribution in [3.05, 3.63) is 0 Å². The van der Waals surface area contributed by atoms with Crippen LogP contribution in [0.1, 0.15) is 46.0 Å². The summed E-state index contributed by atoms with van der Waals surface area (Å²) in [5, 5.41) is 0. The molecule has 0 aromatic heterocycles. The Morgan fingerprint density at radius 1 is 1.60 bits per heavy atom. The van der Waals surface area contributed by atoms with Gasteiger partial charge in [0.05, 0.1) is 11.7 Å². The fraction of sp³-hybridized carbons (Fsp3) is 1.00. The van der Waals surface area contributed by atoms with E-state index in [1.54, 1.807) is 7.11 Å². The van der Waals surface area contributed by atoms with Crippen molar-refractivity contribution >= 4 is 0 Å². The largest absolute Gasteiger partial charge is 0.378 e. The molecular formula is C12H25NO2. The van der Waals surface area contributed by atoms with Crippen molar-refractivity contribution in [2.45, 2.75) is 63.7 Å². The normalized spacial score (nSPS) is 27.6. The summed E-state index contributed by atoms with van der Waals surface area (Å²) >= 11 is 0. The summed E-state index contributed by atoms with van der Waals surface area (Å²) in [5.41, 5.74) is 5.99. The summed E-state index contributed by atoms with van der Waals surface area (Å²) in [6, 6.07) is 0.108. The van der Waals surface area contributed by atoms with E-state index in [1.807, 2.05) is 0 Å². The van der Waals surface area contributed by atoms with Gasteiger partial charge in [-0.05, 0) is 39.0 Å². The summed E-state index contributed by atoms with van der Waals surface area (Å²) in [6.45, 7) is 5.14. The minimum atomic E-state index is -0.182. The van der Waals surface area contributed by atoms with E-state index in [4.69, 9.17) is 15.2 Å². The maximum absolute atomic E-state index is 6.17. The maximum Gasteiger partial charge on any atom is 0.0798 e. The van der Waals surface area contributed by atoms with Crippen molar-refractivity contribution in [1.29, 1.82) is 0 Å². The smallest absolute Gasteiger partial charge is 0.0798 e. The number of hydrogen-bond donors (Lipinski definition) is 1. The van der Waals surface area contributed by atoms with Crippen LogP contribution in [0.3, 0.4) is 0 Å². The molecule has 3 nitrogen and oxygen atoms in total. The molecule has 3 atom stereocenters. The number of methoxy groups -OCH3 is 1. The first-order chi connectivity index (χ1) is 7.12. The van der Waals surface area contributed by atoms with E-state index in [1.165, 1.54) is 12.8 Å². The van der Waals surface area contributed by atoms with E-state index in [2.05, 4.69) is 13.8 Å². The highest BCUT2D eigenvalue weighted by Gasteiger charge is 2.30. The molecule has 1 heterocycles. The first-order valence-corrected chi connectivity index (χ1v) is 6.04. The third-order valence-electron chi connectivity index (χ3n) is 3.78. The lowest BCUT2D eigenvalue weighted by molar-refractivity contribution is -0.0242. The lowest BCUT2D eigenvalue weighted by Crippen LogP contribution is -2.47. The summed E-state index contributed by atoms with van der Waals surface area (Å²) in [5.74, 6) is 0. The highest BCUT2D eigenvalue weighted by molar-refractivity contribution is 4.86. The molecule has 1 aliphatic heterocycles. The quantitative estimate of drug-likeness (QED) is 0.738. The van der Waals surface area contributed by atoms with Crippen LogP contribution in [-0.2, 0) is 9.47 Å². The average molecular weight is 215 g/mol. The number of nitrogens with two attached hydrogens (primary N) is 1. The van der Waals surface area contributed by atoms with Gasteiger partial charge < -0.3 is 15.2 Å². The van der Waals surface area contributed by atoms with Crippen LogP contribution >= 0.6 is 0 Å². The topological polar surface area (TPSA) is 44.5 Å². The van der Waals surface area contributed by atoms with Crippen molar-refractivity contribution in [2.24, 2.45) is 5.73 Å². The van der Waals surface area contributed by atoms with Crippen molar-refractivity contribution in [1.82, 2.24) is 0 Å². The summed E-state index contributed by atoms with van der Waals surface area (Å²) in [7, 11) is 1.75. The van der Waals surface area contributed by atoms with Gasteiger partial charge in [0.1, 0.15) is 0 Å². The molecule has 90 valence electrons. The molecule has 1 fully saturated rings. The van der Waals surface area contributed by atoms with Crippen LogP contribution in [0, 0.1) is 0 Å². The van der Waals surface area contributed by atoms with Gasteiger partial charge in [-0.3, -0.25) is 0 Å². The highest BCUT2D eigenvalue weighted by atomic mass is 16.5. The second-order valence-corrected chi connectivity index (χ2v) is 4.69. The highest BCUT2D eigenvalue weighted by Crippen LogP contribution is 2.24. The molecule has 0 aromatic carbocycles. The standard InChI is InChI=1S/C12H25NO2/c1-4-12(2,14-3)11(13)8-7-10-6-5-9-15-10/h10-11H,4-9,13H2,1-3H3. The molecule has 2 N–H and O–H groups in total. The van der Waals surface area contributed by atoms with Gasteiger partial charge in [-0.15, -0.1) is 0 Å². The maximum atomic E-state index is 6.17. The molecule has 1 saturated heterocycles. The van der Waals surface area contributed by atoms with Gasteiger partial charge >= 0.3 is 0 Å². The Hall–Kier alpha value is -0.120.